The fourth-order valence-electron chi connectivity index (χ4n) is 8.08. The predicted molar refractivity (Wildman–Crippen MR) is 214 cm³/mol. The third kappa shape index (κ3) is 4.77. The van der Waals surface area contributed by atoms with Crippen molar-refractivity contribution in [1.82, 2.24) is 9.97 Å². The maximum atomic E-state index is 5.30. The van der Waals surface area contributed by atoms with Crippen molar-refractivity contribution in [2.75, 3.05) is 0 Å². The SMILES string of the molecule is CC1(c2ccccc2)c2ccccc2-c2cccc(-c3cc(-c4ccc(-c5ccc6sc7ccccc7c6c5)cc4)nc(-c4ccccc4)n3)c21. The summed E-state index contributed by atoms with van der Waals surface area (Å²) in [5.74, 6) is 0.719. The van der Waals surface area contributed by atoms with Gasteiger partial charge < -0.3 is 0 Å². The Morgan fingerprint density at radius 1 is 0.431 bits per heavy atom. The molecule has 0 spiro atoms. The Kier molecular flexibility index (Phi) is 6.83. The number of fused-ring (bicyclic) bond motifs is 6. The zero-order chi connectivity index (χ0) is 33.9. The Labute approximate surface area is 301 Å². The number of aromatic nitrogens is 2. The van der Waals surface area contributed by atoms with E-state index in [4.69, 9.17) is 9.97 Å². The molecule has 1 aliphatic carbocycles. The Hall–Kier alpha value is -6.16. The van der Waals surface area contributed by atoms with E-state index < -0.39 is 0 Å². The van der Waals surface area contributed by atoms with Gasteiger partial charge in [-0.05, 0) is 70.1 Å². The fourth-order valence-corrected chi connectivity index (χ4v) is 9.16. The zero-order valence-corrected chi connectivity index (χ0v) is 28.9. The van der Waals surface area contributed by atoms with Crippen molar-refractivity contribution in [1.29, 1.82) is 0 Å². The van der Waals surface area contributed by atoms with Gasteiger partial charge in [-0.25, -0.2) is 9.97 Å². The van der Waals surface area contributed by atoms with Gasteiger partial charge in [-0.2, -0.15) is 0 Å². The number of hydrogen-bond acceptors (Lipinski definition) is 3. The van der Waals surface area contributed by atoms with Crippen molar-refractivity contribution in [3.8, 4) is 56.2 Å². The minimum absolute atomic E-state index is 0.349. The first-order chi connectivity index (χ1) is 25.1. The van der Waals surface area contributed by atoms with Gasteiger partial charge in [0.05, 0.1) is 11.4 Å². The van der Waals surface area contributed by atoms with Crippen LogP contribution in [0.4, 0.5) is 0 Å². The number of hydrogen-bond donors (Lipinski definition) is 0. The van der Waals surface area contributed by atoms with Crippen molar-refractivity contribution >= 4 is 31.5 Å². The van der Waals surface area contributed by atoms with E-state index in [0.717, 1.165) is 33.9 Å². The number of nitrogens with zero attached hydrogens (tertiary/aromatic N) is 2. The lowest BCUT2D eigenvalue weighted by molar-refractivity contribution is 0.715. The maximum Gasteiger partial charge on any atom is 0.160 e. The van der Waals surface area contributed by atoms with Gasteiger partial charge in [0.25, 0.3) is 0 Å². The summed E-state index contributed by atoms with van der Waals surface area (Å²) in [6.45, 7) is 2.37. The second-order valence-corrected chi connectivity index (χ2v) is 14.6. The molecular weight excluding hydrogens is 637 g/mol. The van der Waals surface area contributed by atoms with Crippen LogP contribution in [0.5, 0.6) is 0 Å². The van der Waals surface area contributed by atoms with Crippen LogP contribution in [-0.2, 0) is 5.41 Å². The van der Waals surface area contributed by atoms with Crippen molar-refractivity contribution in [2.45, 2.75) is 12.3 Å². The van der Waals surface area contributed by atoms with Crippen LogP contribution in [0.1, 0.15) is 23.6 Å². The first-order valence-electron chi connectivity index (χ1n) is 17.4. The molecule has 51 heavy (non-hydrogen) atoms. The molecule has 10 rings (SSSR count). The third-order valence-corrected chi connectivity index (χ3v) is 11.7. The molecule has 2 aromatic heterocycles. The molecule has 0 aliphatic heterocycles. The summed E-state index contributed by atoms with van der Waals surface area (Å²) in [6.07, 6.45) is 0. The number of thiophene rings is 1. The molecule has 0 fully saturated rings. The number of benzene rings is 7. The van der Waals surface area contributed by atoms with Gasteiger partial charge in [0.15, 0.2) is 5.82 Å². The molecule has 2 nitrogen and oxygen atoms in total. The van der Waals surface area contributed by atoms with Crippen molar-refractivity contribution < 1.29 is 0 Å². The van der Waals surface area contributed by atoms with Gasteiger partial charge in [-0.15, -0.1) is 11.3 Å². The first kappa shape index (κ1) is 29.7. The van der Waals surface area contributed by atoms with Crippen LogP contribution < -0.4 is 0 Å². The quantitative estimate of drug-likeness (QED) is 0.182. The Morgan fingerprint density at radius 2 is 1.06 bits per heavy atom. The highest BCUT2D eigenvalue weighted by molar-refractivity contribution is 7.25. The van der Waals surface area contributed by atoms with E-state index in [0.29, 0.717) is 0 Å². The van der Waals surface area contributed by atoms with Crippen LogP contribution in [0.25, 0.3) is 76.3 Å². The Morgan fingerprint density at radius 3 is 1.90 bits per heavy atom. The average Bonchev–Trinajstić information content (AvgIpc) is 3.71. The standard InChI is InChI=1S/C48H32N2S/c1-48(35-15-6-3-7-16-35)41-21-10-8-17-36(41)38-19-12-20-39(46(38)48)43-30-42(49-47(50-43)33-13-4-2-5-14-33)32-25-23-31(24-26-32)34-27-28-45-40(29-34)37-18-9-11-22-44(37)51-45/h2-30H,1H3. The molecular formula is C48H32N2S. The zero-order valence-electron chi connectivity index (χ0n) is 28.0. The summed E-state index contributed by atoms with van der Waals surface area (Å²) < 4.78 is 2.64. The monoisotopic (exact) mass is 668 g/mol. The summed E-state index contributed by atoms with van der Waals surface area (Å²) >= 11 is 1.85. The van der Waals surface area contributed by atoms with Crippen molar-refractivity contribution in [3.05, 3.63) is 193 Å². The molecule has 2 heterocycles. The largest absolute Gasteiger partial charge is 0.228 e. The van der Waals surface area contributed by atoms with E-state index in [1.165, 1.54) is 59.1 Å². The van der Waals surface area contributed by atoms with Crippen LogP contribution in [0, 0.1) is 0 Å². The topological polar surface area (TPSA) is 25.8 Å². The highest BCUT2D eigenvalue weighted by Crippen LogP contribution is 2.55. The van der Waals surface area contributed by atoms with E-state index in [1.54, 1.807) is 0 Å². The molecule has 1 atom stereocenters. The molecule has 7 aromatic carbocycles. The summed E-state index contributed by atoms with van der Waals surface area (Å²) in [5.41, 5.74) is 13.5. The highest BCUT2D eigenvalue weighted by Gasteiger charge is 2.42. The first-order valence-corrected chi connectivity index (χ1v) is 18.2. The molecule has 1 unspecified atom stereocenters. The summed E-state index contributed by atoms with van der Waals surface area (Å²) in [4.78, 5) is 10.5. The van der Waals surface area contributed by atoms with E-state index >= 15 is 0 Å². The van der Waals surface area contributed by atoms with Crippen molar-refractivity contribution in [2.24, 2.45) is 0 Å². The molecule has 3 heteroatoms. The lowest BCUT2D eigenvalue weighted by atomic mass is 9.72. The van der Waals surface area contributed by atoms with E-state index in [9.17, 15) is 0 Å². The molecule has 0 radical (unpaired) electrons. The van der Waals surface area contributed by atoms with E-state index in [2.05, 4.69) is 177 Å². The molecule has 9 aromatic rings. The van der Waals surface area contributed by atoms with Gasteiger partial charge in [-0.1, -0.05) is 152 Å². The lowest BCUT2D eigenvalue weighted by Gasteiger charge is -2.30. The molecule has 0 saturated carbocycles. The average molecular weight is 669 g/mol. The second-order valence-electron chi connectivity index (χ2n) is 13.5. The van der Waals surface area contributed by atoms with Gasteiger partial charge in [0.2, 0.25) is 0 Å². The van der Waals surface area contributed by atoms with Crippen LogP contribution in [0.3, 0.4) is 0 Å². The summed E-state index contributed by atoms with van der Waals surface area (Å²) in [7, 11) is 0. The van der Waals surface area contributed by atoms with Crippen LogP contribution in [-0.4, -0.2) is 9.97 Å². The van der Waals surface area contributed by atoms with Gasteiger partial charge in [0.1, 0.15) is 0 Å². The molecule has 0 amide bonds. The van der Waals surface area contributed by atoms with Crippen LogP contribution in [0.15, 0.2) is 176 Å². The molecule has 0 bridgehead atoms. The van der Waals surface area contributed by atoms with Crippen LogP contribution in [0.2, 0.25) is 0 Å². The summed E-state index contributed by atoms with van der Waals surface area (Å²) in [5, 5.41) is 2.63. The molecule has 1 aliphatic rings. The molecule has 0 saturated heterocycles. The number of rotatable bonds is 5. The maximum absolute atomic E-state index is 5.30. The van der Waals surface area contributed by atoms with Crippen LogP contribution >= 0.6 is 11.3 Å². The third-order valence-electron chi connectivity index (χ3n) is 10.6. The Bertz CT molecular complexity index is 2750. The van der Waals surface area contributed by atoms with Gasteiger partial charge >= 0.3 is 0 Å². The highest BCUT2D eigenvalue weighted by atomic mass is 32.1. The Balaban J connectivity index is 1.13. The normalized spacial score (nSPS) is 14.8. The minimum atomic E-state index is -0.349. The molecule has 240 valence electrons. The van der Waals surface area contributed by atoms with Crippen molar-refractivity contribution in [3.63, 3.8) is 0 Å². The predicted octanol–water partition coefficient (Wildman–Crippen LogP) is 12.8. The van der Waals surface area contributed by atoms with E-state index in [1.807, 2.05) is 17.4 Å². The fraction of sp³-hybridized carbons (Fsp3) is 0.0417. The second kappa shape index (κ2) is 11.7. The summed E-state index contributed by atoms with van der Waals surface area (Å²) in [6, 6.07) is 63.2. The van der Waals surface area contributed by atoms with E-state index in [-0.39, 0.29) is 5.41 Å². The molecule has 0 N–H and O–H groups in total. The van der Waals surface area contributed by atoms with Gasteiger partial charge in [0, 0.05) is 42.3 Å². The minimum Gasteiger partial charge on any atom is -0.228 e. The smallest absolute Gasteiger partial charge is 0.160 e. The lowest BCUT2D eigenvalue weighted by Crippen LogP contribution is -2.23. The van der Waals surface area contributed by atoms with Gasteiger partial charge in [-0.3, -0.25) is 0 Å².